The van der Waals surface area contributed by atoms with Crippen molar-refractivity contribution in [1.29, 1.82) is 5.41 Å². The highest BCUT2D eigenvalue weighted by molar-refractivity contribution is 5.85. The zero-order valence-corrected chi connectivity index (χ0v) is 24.8. The molecule has 1 saturated carbocycles. The molecule has 4 N–H and O–H groups in total. The predicted molar refractivity (Wildman–Crippen MR) is 156 cm³/mol. The number of rotatable bonds is 11. The Hall–Kier alpha value is -5.02. The third-order valence-corrected chi connectivity index (χ3v) is 8.63. The van der Waals surface area contributed by atoms with Crippen LogP contribution in [0.4, 0.5) is 40.8 Å². The largest absolute Gasteiger partial charge is 0.435 e. The fourth-order valence-electron chi connectivity index (χ4n) is 6.61. The maximum absolute atomic E-state index is 15.4. The number of aromatic nitrogens is 3. The van der Waals surface area contributed by atoms with Gasteiger partial charge in [-0.05, 0) is 53.8 Å². The van der Waals surface area contributed by atoms with Crippen molar-refractivity contribution in [1.82, 2.24) is 20.1 Å². The number of benzene rings is 2. The lowest BCUT2D eigenvalue weighted by atomic mass is 9.94. The van der Waals surface area contributed by atoms with Crippen molar-refractivity contribution in [2.24, 2.45) is 11.8 Å². The van der Waals surface area contributed by atoms with Gasteiger partial charge in [0.1, 0.15) is 41.0 Å². The van der Waals surface area contributed by atoms with E-state index in [9.17, 15) is 31.1 Å². The van der Waals surface area contributed by atoms with Crippen LogP contribution in [0.15, 0.2) is 48.5 Å². The van der Waals surface area contributed by atoms with Gasteiger partial charge in [0.25, 0.3) is 12.3 Å². The minimum Gasteiger partial charge on any atom is -0.435 e. The van der Waals surface area contributed by atoms with Crippen LogP contribution >= 0.6 is 0 Å². The van der Waals surface area contributed by atoms with Gasteiger partial charge in [0.05, 0.1) is 17.4 Å². The molecular weight excluding hydrogens is 652 g/mol. The molecule has 1 fully saturated rings. The van der Waals surface area contributed by atoms with Crippen molar-refractivity contribution in [2.45, 2.75) is 50.8 Å². The molecule has 4 unspecified atom stereocenters. The molecule has 2 aromatic heterocycles. The van der Waals surface area contributed by atoms with E-state index in [-0.39, 0.29) is 45.9 Å². The Labute approximate surface area is 267 Å². The number of ether oxygens (including phenoxy) is 1. The van der Waals surface area contributed by atoms with Crippen molar-refractivity contribution in [3.8, 4) is 16.9 Å². The number of nitrogen functional groups attached to an aromatic ring is 1. The standard InChI is InChI=1S/C32H26F8N6O2/c1-13-24-25-28(30(35)36)45-46(29(25)32(39,40)26(13)24)12-23(47)43-21(8-14-6-16(33)9-17(34)7-14)27-19(10-20(42)22(11-41)44-27)15-2-4-18(5-3-15)48-31(37)38/h2-7,9-11,13,21,24,26,30-31,41H,8,12,42H2,1H3,(H,43,47). The Balaban J connectivity index is 1.40. The summed E-state index contributed by atoms with van der Waals surface area (Å²) in [5.74, 6) is -9.07. The van der Waals surface area contributed by atoms with Gasteiger partial charge >= 0.3 is 6.61 Å². The summed E-state index contributed by atoms with van der Waals surface area (Å²) in [4.78, 5) is 18.0. The molecule has 0 radical (unpaired) electrons. The molecule has 4 atom stereocenters. The van der Waals surface area contributed by atoms with Gasteiger partial charge < -0.3 is 21.2 Å². The molecular formula is C32H26F8N6O2. The fraction of sp³-hybridized carbons (Fsp3) is 0.312. The van der Waals surface area contributed by atoms with Crippen LogP contribution < -0.4 is 15.8 Å². The van der Waals surface area contributed by atoms with Gasteiger partial charge in [-0.2, -0.15) is 22.7 Å². The Kier molecular flexibility index (Phi) is 8.37. The predicted octanol–water partition coefficient (Wildman–Crippen LogP) is 6.90. The third-order valence-electron chi connectivity index (χ3n) is 8.63. The van der Waals surface area contributed by atoms with Gasteiger partial charge in [-0.15, -0.1) is 0 Å². The van der Waals surface area contributed by atoms with E-state index < -0.39 is 78.2 Å². The van der Waals surface area contributed by atoms with Crippen molar-refractivity contribution < 1.29 is 44.7 Å². The Morgan fingerprint density at radius 3 is 2.35 bits per heavy atom. The first kappa shape index (κ1) is 32.9. The second-order valence-electron chi connectivity index (χ2n) is 11.7. The van der Waals surface area contributed by atoms with Crippen LogP contribution in [0.3, 0.4) is 0 Å². The maximum Gasteiger partial charge on any atom is 0.387 e. The molecule has 2 aromatic carbocycles. The van der Waals surface area contributed by atoms with E-state index in [2.05, 4.69) is 20.1 Å². The zero-order chi connectivity index (χ0) is 34.7. The molecule has 252 valence electrons. The number of carbonyl (C=O) groups excluding carboxylic acids is 1. The fourth-order valence-corrected chi connectivity index (χ4v) is 6.61. The van der Waals surface area contributed by atoms with E-state index in [0.717, 1.165) is 18.3 Å². The van der Waals surface area contributed by atoms with E-state index in [0.29, 0.717) is 16.3 Å². The maximum atomic E-state index is 15.4. The summed E-state index contributed by atoms with van der Waals surface area (Å²) in [6, 6.07) is 7.96. The minimum atomic E-state index is -3.51. The third kappa shape index (κ3) is 5.94. The van der Waals surface area contributed by atoms with Gasteiger partial charge in [-0.3, -0.25) is 9.48 Å². The van der Waals surface area contributed by atoms with Crippen molar-refractivity contribution >= 4 is 17.8 Å². The summed E-state index contributed by atoms with van der Waals surface area (Å²) in [7, 11) is 0. The first-order valence-electron chi connectivity index (χ1n) is 14.6. The Morgan fingerprint density at radius 2 is 1.75 bits per heavy atom. The molecule has 0 aliphatic heterocycles. The first-order chi connectivity index (χ1) is 22.7. The molecule has 4 aromatic rings. The molecule has 6 rings (SSSR count). The molecule has 1 amide bonds. The van der Waals surface area contributed by atoms with Crippen LogP contribution in [-0.2, 0) is 23.7 Å². The Morgan fingerprint density at radius 1 is 1.08 bits per heavy atom. The highest BCUT2D eigenvalue weighted by Gasteiger charge is 2.71. The first-order valence-corrected chi connectivity index (χ1v) is 14.6. The van der Waals surface area contributed by atoms with Crippen molar-refractivity contribution in [3.05, 3.63) is 94.1 Å². The summed E-state index contributed by atoms with van der Waals surface area (Å²) in [6.07, 6.45) is -2.68. The van der Waals surface area contributed by atoms with Crippen molar-refractivity contribution in [3.63, 3.8) is 0 Å². The van der Waals surface area contributed by atoms with Gasteiger partial charge in [-0.1, -0.05) is 19.1 Å². The number of amides is 1. The minimum absolute atomic E-state index is 0.00242. The number of fused-ring (bicyclic) bond motifs is 3. The molecule has 0 bridgehead atoms. The molecule has 0 spiro atoms. The molecule has 2 heterocycles. The highest BCUT2D eigenvalue weighted by atomic mass is 19.3. The van der Waals surface area contributed by atoms with Crippen LogP contribution in [0.2, 0.25) is 0 Å². The summed E-state index contributed by atoms with van der Waals surface area (Å²) < 4.78 is 117. The number of carbonyl (C=O) groups is 1. The molecule has 2 aliphatic carbocycles. The number of hydrogen-bond acceptors (Lipinski definition) is 6. The topological polar surface area (TPSA) is 119 Å². The number of pyridine rings is 1. The second kappa shape index (κ2) is 12.2. The second-order valence-corrected chi connectivity index (χ2v) is 11.7. The smallest absolute Gasteiger partial charge is 0.387 e. The van der Waals surface area contributed by atoms with Crippen LogP contribution in [0.5, 0.6) is 5.75 Å². The number of halogens is 8. The van der Waals surface area contributed by atoms with Gasteiger partial charge in [0, 0.05) is 35.2 Å². The average molecular weight is 679 g/mol. The molecule has 48 heavy (non-hydrogen) atoms. The molecule has 8 nitrogen and oxygen atoms in total. The van der Waals surface area contributed by atoms with E-state index >= 15 is 8.78 Å². The lowest BCUT2D eigenvalue weighted by molar-refractivity contribution is -0.123. The summed E-state index contributed by atoms with van der Waals surface area (Å²) in [5, 5.41) is 14.0. The van der Waals surface area contributed by atoms with Crippen LogP contribution in [0.25, 0.3) is 11.1 Å². The normalized spacial score (nSPS) is 19.6. The lowest BCUT2D eigenvalue weighted by Crippen LogP contribution is -2.35. The molecule has 2 aliphatic rings. The van der Waals surface area contributed by atoms with Crippen LogP contribution in [-0.4, -0.2) is 33.5 Å². The number of anilines is 1. The number of hydrogen-bond donors (Lipinski definition) is 3. The van der Waals surface area contributed by atoms with Gasteiger partial charge in [-0.25, -0.2) is 22.5 Å². The number of nitrogens with two attached hydrogens (primary N) is 1. The number of nitrogens with zero attached hydrogens (tertiary/aromatic N) is 3. The van der Waals surface area contributed by atoms with E-state index in [1.165, 1.54) is 37.3 Å². The zero-order valence-electron chi connectivity index (χ0n) is 24.8. The van der Waals surface area contributed by atoms with Gasteiger partial charge in [0.15, 0.2) is 0 Å². The van der Waals surface area contributed by atoms with Crippen molar-refractivity contribution in [2.75, 3.05) is 5.73 Å². The number of alkyl halides is 6. The van der Waals surface area contributed by atoms with E-state index in [1.54, 1.807) is 0 Å². The number of nitrogens with one attached hydrogen (secondary N) is 2. The summed E-state index contributed by atoms with van der Waals surface area (Å²) in [5.41, 5.74) is 4.79. The average Bonchev–Trinajstić information content (AvgIpc) is 3.41. The molecule has 16 heteroatoms. The summed E-state index contributed by atoms with van der Waals surface area (Å²) in [6.45, 7) is -2.47. The van der Waals surface area contributed by atoms with Crippen LogP contribution in [0, 0.1) is 28.9 Å². The van der Waals surface area contributed by atoms with E-state index in [1.807, 2.05) is 0 Å². The Bertz CT molecular complexity index is 1880. The lowest BCUT2D eigenvalue weighted by Gasteiger charge is -2.23. The van der Waals surface area contributed by atoms with E-state index in [4.69, 9.17) is 11.1 Å². The molecule has 0 saturated heterocycles. The monoisotopic (exact) mass is 678 g/mol. The summed E-state index contributed by atoms with van der Waals surface area (Å²) >= 11 is 0. The quantitative estimate of drug-likeness (QED) is 0.118. The SMILES string of the molecule is CC1C2c3c(C(F)F)nn(CC(=O)NC(Cc4cc(F)cc(F)c4)c4nc(C=N)c(N)cc4-c4ccc(OC(F)F)cc4)c3C(F)(F)C12. The van der Waals surface area contributed by atoms with Crippen LogP contribution in [0.1, 0.15) is 59.2 Å². The highest BCUT2D eigenvalue weighted by Crippen LogP contribution is 2.71. The van der Waals surface area contributed by atoms with Gasteiger partial charge in [0.2, 0.25) is 5.91 Å².